The quantitative estimate of drug-likeness (QED) is 0.617. The monoisotopic (exact) mass is 329 g/mol. The van der Waals surface area contributed by atoms with E-state index in [-0.39, 0.29) is 34.3 Å². The molecule has 3 nitrogen and oxygen atoms in total. The number of rotatable bonds is 5. The highest BCUT2D eigenvalue weighted by Crippen LogP contribution is 2.28. The van der Waals surface area contributed by atoms with E-state index < -0.39 is 18.9 Å². The van der Waals surface area contributed by atoms with Crippen LogP contribution in [0.1, 0.15) is 5.82 Å². The summed E-state index contributed by atoms with van der Waals surface area (Å²) in [6.07, 6.45) is -2.36. The molecule has 0 saturated carbocycles. The molecule has 0 radical (unpaired) electrons. The molecule has 0 aromatic carbocycles. The number of alkyl halides is 5. The molecule has 0 aliphatic heterocycles. The molecule has 20 heavy (non-hydrogen) atoms. The van der Waals surface area contributed by atoms with E-state index in [4.69, 9.17) is 23.2 Å². The zero-order valence-corrected chi connectivity index (χ0v) is 11.5. The number of imidazole rings is 1. The summed E-state index contributed by atoms with van der Waals surface area (Å²) < 4.78 is 52.1. The third kappa shape index (κ3) is 2.98. The lowest BCUT2D eigenvalue weighted by Gasteiger charge is -2.17. The first-order valence-electron chi connectivity index (χ1n) is 5.57. The molecule has 0 unspecified atom stereocenters. The lowest BCUT2D eigenvalue weighted by atomic mass is 10.3. The standard InChI is InChI=1S/C11H9Cl2F4N3/c12-2-1-8-19-7-3-6(13)4-18-9(7)20(8)5-11(16,17)10(14)15/h3-4,10H,1-2,5H2. The summed E-state index contributed by atoms with van der Waals surface area (Å²) in [7, 11) is 0. The van der Waals surface area contributed by atoms with Gasteiger partial charge < -0.3 is 4.57 Å². The average Bonchev–Trinajstić information content (AvgIpc) is 2.66. The van der Waals surface area contributed by atoms with Crippen LogP contribution in [0.5, 0.6) is 0 Å². The maximum absolute atomic E-state index is 13.3. The van der Waals surface area contributed by atoms with Crippen molar-refractivity contribution in [2.45, 2.75) is 25.3 Å². The summed E-state index contributed by atoms with van der Waals surface area (Å²) in [5.41, 5.74) is 0.345. The Balaban J connectivity index is 2.51. The Kier molecular flexibility index (Phi) is 4.39. The fourth-order valence-electron chi connectivity index (χ4n) is 1.75. The van der Waals surface area contributed by atoms with Gasteiger partial charge in [-0.25, -0.2) is 18.7 Å². The van der Waals surface area contributed by atoms with Gasteiger partial charge in [-0.05, 0) is 6.07 Å². The number of halogens is 6. The number of fused-ring (bicyclic) bond motifs is 1. The Morgan fingerprint density at radius 1 is 1.35 bits per heavy atom. The first-order valence-corrected chi connectivity index (χ1v) is 6.49. The molecule has 2 aromatic rings. The zero-order chi connectivity index (χ0) is 14.9. The van der Waals surface area contributed by atoms with E-state index in [9.17, 15) is 17.6 Å². The van der Waals surface area contributed by atoms with Crippen LogP contribution in [0.3, 0.4) is 0 Å². The van der Waals surface area contributed by atoms with Gasteiger partial charge in [0.25, 0.3) is 0 Å². The van der Waals surface area contributed by atoms with Crippen molar-refractivity contribution in [1.29, 1.82) is 0 Å². The molecule has 0 saturated heterocycles. The first-order chi connectivity index (χ1) is 9.35. The van der Waals surface area contributed by atoms with E-state index >= 15 is 0 Å². The van der Waals surface area contributed by atoms with Gasteiger partial charge in [-0.15, -0.1) is 11.6 Å². The van der Waals surface area contributed by atoms with E-state index in [2.05, 4.69) is 9.97 Å². The average molecular weight is 330 g/mol. The second-order valence-corrected chi connectivity index (χ2v) is 4.93. The summed E-state index contributed by atoms with van der Waals surface area (Å²) in [6, 6.07) is 1.43. The zero-order valence-electron chi connectivity index (χ0n) is 9.96. The third-order valence-corrected chi connectivity index (χ3v) is 3.03. The van der Waals surface area contributed by atoms with Gasteiger partial charge in [0.15, 0.2) is 5.65 Å². The number of nitrogens with zero attached hydrogens (tertiary/aromatic N) is 3. The lowest BCUT2D eigenvalue weighted by molar-refractivity contribution is -0.137. The van der Waals surface area contributed by atoms with Crippen molar-refractivity contribution in [2.75, 3.05) is 5.88 Å². The molecular weight excluding hydrogens is 321 g/mol. The van der Waals surface area contributed by atoms with Gasteiger partial charge in [0.2, 0.25) is 0 Å². The molecule has 2 aromatic heterocycles. The van der Waals surface area contributed by atoms with Crippen molar-refractivity contribution in [1.82, 2.24) is 14.5 Å². The van der Waals surface area contributed by atoms with Crippen molar-refractivity contribution >= 4 is 34.4 Å². The van der Waals surface area contributed by atoms with Crippen molar-refractivity contribution in [2.24, 2.45) is 0 Å². The number of pyridine rings is 1. The van der Waals surface area contributed by atoms with Gasteiger partial charge in [0.05, 0.1) is 11.6 Å². The predicted molar refractivity (Wildman–Crippen MR) is 67.9 cm³/mol. The molecule has 0 bridgehead atoms. The first kappa shape index (κ1) is 15.3. The number of hydrogen-bond acceptors (Lipinski definition) is 2. The van der Waals surface area contributed by atoms with Gasteiger partial charge in [0, 0.05) is 18.5 Å². The highest BCUT2D eigenvalue weighted by atomic mass is 35.5. The van der Waals surface area contributed by atoms with Crippen molar-refractivity contribution < 1.29 is 17.6 Å². The highest BCUT2D eigenvalue weighted by Gasteiger charge is 2.42. The number of hydrogen-bond donors (Lipinski definition) is 0. The van der Waals surface area contributed by atoms with Crippen LogP contribution in [-0.4, -0.2) is 32.8 Å². The van der Waals surface area contributed by atoms with Crippen LogP contribution >= 0.6 is 23.2 Å². The van der Waals surface area contributed by atoms with Crippen LogP contribution in [0.2, 0.25) is 5.02 Å². The van der Waals surface area contributed by atoms with E-state index in [0.717, 1.165) is 4.57 Å². The Morgan fingerprint density at radius 3 is 2.65 bits per heavy atom. The van der Waals surface area contributed by atoms with Crippen LogP contribution in [0, 0.1) is 0 Å². The van der Waals surface area contributed by atoms with E-state index in [0.29, 0.717) is 0 Å². The lowest BCUT2D eigenvalue weighted by Crippen LogP contribution is -2.32. The Bertz CT molecular complexity index is 615. The highest BCUT2D eigenvalue weighted by molar-refractivity contribution is 6.31. The van der Waals surface area contributed by atoms with Crippen LogP contribution < -0.4 is 0 Å². The summed E-state index contributed by atoms with van der Waals surface area (Å²) in [6.45, 7) is -1.21. The second kappa shape index (κ2) is 5.73. The molecule has 110 valence electrons. The van der Waals surface area contributed by atoms with Crippen LogP contribution in [0.4, 0.5) is 17.6 Å². The van der Waals surface area contributed by atoms with Gasteiger partial charge in [0.1, 0.15) is 11.3 Å². The largest absolute Gasteiger partial charge is 0.324 e. The molecule has 0 fully saturated rings. The fourth-order valence-corrected chi connectivity index (χ4v) is 2.08. The fraction of sp³-hybridized carbons (Fsp3) is 0.455. The van der Waals surface area contributed by atoms with Crippen molar-refractivity contribution in [3.63, 3.8) is 0 Å². The second-order valence-electron chi connectivity index (χ2n) is 4.11. The molecule has 0 N–H and O–H groups in total. The van der Waals surface area contributed by atoms with Crippen LogP contribution in [-0.2, 0) is 13.0 Å². The number of aryl methyl sites for hydroxylation is 1. The van der Waals surface area contributed by atoms with Gasteiger partial charge in [-0.3, -0.25) is 0 Å². The molecule has 0 aliphatic rings. The van der Waals surface area contributed by atoms with Gasteiger partial charge in [-0.1, -0.05) is 11.6 Å². The van der Waals surface area contributed by atoms with Crippen LogP contribution in [0.15, 0.2) is 12.3 Å². The van der Waals surface area contributed by atoms with E-state index in [1.807, 2.05) is 0 Å². The summed E-state index contributed by atoms with van der Waals surface area (Å²) in [5, 5.41) is 0.278. The van der Waals surface area contributed by atoms with Gasteiger partial charge >= 0.3 is 12.3 Å². The molecule has 0 atom stereocenters. The van der Waals surface area contributed by atoms with Crippen molar-refractivity contribution in [3.8, 4) is 0 Å². The summed E-state index contributed by atoms with van der Waals surface area (Å²) in [5.74, 6) is -3.88. The summed E-state index contributed by atoms with van der Waals surface area (Å²) >= 11 is 11.3. The SMILES string of the molecule is FC(F)C(F)(F)Cn1c(CCCl)nc2cc(Cl)cnc21. The molecule has 9 heteroatoms. The maximum atomic E-state index is 13.3. The maximum Gasteiger partial charge on any atom is 0.324 e. The Hall–Kier alpha value is -1.08. The molecule has 0 aliphatic carbocycles. The topological polar surface area (TPSA) is 30.7 Å². The Morgan fingerprint density at radius 2 is 2.05 bits per heavy atom. The molecule has 2 rings (SSSR count). The van der Waals surface area contributed by atoms with Gasteiger partial charge in [-0.2, -0.15) is 8.78 Å². The molecular formula is C11H9Cl2F4N3. The molecule has 2 heterocycles. The predicted octanol–water partition coefficient (Wildman–Crippen LogP) is 3.77. The van der Waals surface area contributed by atoms with Crippen molar-refractivity contribution in [3.05, 3.63) is 23.1 Å². The van der Waals surface area contributed by atoms with E-state index in [1.165, 1.54) is 12.3 Å². The minimum atomic E-state index is -4.17. The smallest absolute Gasteiger partial charge is 0.306 e. The molecule has 0 amide bonds. The minimum Gasteiger partial charge on any atom is -0.306 e. The number of aromatic nitrogens is 3. The minimum absolute atomic E-state index is 0.0786. The molecule has 0 spiro atoms. The Labute approximate surface area is 121 Å². The van der Waals surface area contributed by atoms with E-state index in [1.54, 1.807) is 0 Å². The third-order valence-electron chi connectivity index (χ3n) is 2.64. The summed E-state index contributed by atoms with van der Waals surface area (Å²) in [4.78, 5) is 7.93. The van der Waals surface area contributed by atoms with Crippen LogP contribution in [0.25, 0.3) is 11.2 Å². The normalized spacial score (nSPS) is 12.6.